The quantitative estimate of drug-likeness (QED) is 0.799. The van der Waals surface area contributed by atoms with Crippen molar-refractivity contribution in [1.29, 1.82) is 0 Å². The second kappa shape index (κ2) is 4.59. The van der Waals surface area contributed by atoms with E-state index in [2.05, 4.69) is 15.4 Å². The Hall–Kier alpha value is -1.59. The molecule has 0 saturated heterocycles. The third-order valence-electron chi connectivity index (χ3n) is 2.57. The number of thiazole rings is 1. The molecule has 0 radical (unpaired) electrons. The number of nitrogens with one attached hydrogen (secondary N) is 1. The summed E-state index contributed by atoms with van der Waals surface area (Å²) in [7, 11) is 1.90. The van der Waals surface area contributed by atoms with Gasteiger partial charge in [-0.1, -0.05) is 29.0 Å². The van der Waals surface area contributed by atoms with Gasteiger partial charge in [-0.2, -0.15) is 5.10 Å². The summed E-state index contributed by atoms with van der Waals surface area (Å²) in [6.45, 7) is 0.714. The molecule has 0 aliphatic heterocycles. The Kier molecular flexibility index (Phi) is 2.93. The molecular weight excluding hydrogens is 268 g/mol. The molecule has 0 fully saturated rings. The number of rotatable bonds is 3. The second-order valence-corrected chi connectivity index (χ2v) is 5.39. The molecule has 4 nitrogen and oxygen atoms in total. The van der Waals surface area contributed by atoms with Crippen molar-refractivity contribution in [3.05, 3.63) is 41.2 Å². The maximum atomic E-state index is 6.12. The summed E-state index contributed by atoms with van der Waals surface area (Å²) < 4.78 is 2.81. The van der Waals surface area contributed by atoms with E-state index >= 15 is 0 Å². The first-order valence-corrected chi connectivity index (χ1v) is 6.68. The summed E-state index contributed by atoms with van der Waals surface area (Å²) in [5.41, 5.74) is 2.06. The van der Waals surface area contributed by atoms with Crippen molar-refractivity contribution in [1.82, 2.24) is 14.8 Å². The van der Waals surface area contributed by atoms with Crippen molar-refractivity contribution < 1.29 is 0 Å². The van der Waals surface area contributed by atoms with E-state index in [1.165, 1.54) is 0 Å². The zero-order valence-corrected chi connectivity index (χ0v) is 11.3. The van der Waals surface area contributed by atoms with Gasteiger partial charge >= 0.3 is 0 Å². The van der Waals surface area contributed by atoms with Gasteiger partial charge in [0.2, 0.25) is 0 Å². The molecular formula is C12H11ClN4S. The van der Waals surface area contributed by atoms with Crippen LogP contribution >= 0.6 is 22.9 Å². The molecule has 1 aromatic carbocycles. The molecule has 6 heteroatoms. The van der Waals surface area contributed by atoms with Gasteiger partial charge in [-0.15, -0.1) is 0 Å². The maximum absolute atomic E-state index is 6.12. The first-order chi connectivity index (χ1) is 8.72. The molecule has 0 atom stereocenters. The molecule has 0 bridgehead atoms. The number of hydrogen-bond donors (Lipinski definition) is 1. The van der Waals surface area contributed by atoms with Gasteiger partial charge in [0, 0.05) is 25.4 Å². The van der Waals surface area contributed by atoms with E-state index in [1.807, 2.05) is 37.6 Å². The Balaban J connectivity index is 1.81. The lowest BCUT2D eigenvalue weighted by Gasteiger charge is -1.97. The van der Waals surface area contributed by atoms with Crippen LogP contribution in [0, 0.1) is 0 Å². The molecule has 0 unspecified atom stereocenters. The number of halogens is 1. The SMILES string of the molecule is Cn1cc(CNc2nc3cccc(Cl)c3s2)cn1. The molecule has 0 amide bonds. The van der Waals surface area contributed by atoms with Crippen LogP contribution < -0.4 is 5.32 Å². The highest BCUT2D eigenvalue weighted by atomic mass is 35.5. The van der Waals surface area contributed by atoms with Gasteiger partial charge in [0.25, 0.3) is 0 Å². The molecule has 0 saturated carbocycles. The van der Waals surface area contributed by atoms with Crippen LogP contribution in [0.5, 0.6) is 0 Å². The summed E-state index contributed by atoms with van der Waals surface area (Å²) in [5, 5.41) is 9.04. The normalized spacial score (nSPS) is 11.0. The van der Waals surface area contributed by atoms with Gasteiger partial charge in [0.1, 0.15) is 0 Å². The third kappa shape index (κ3) is 2.19. The van der Waals surface area contributed by atoms with E-state index in [0.29, 0.717) is 6.54 Å². The molecule has 18 heavy (non-hydrogen) atoms. The number of aromatic nitrogens is 3. The average Bonchev–Trinajstić information content (AvgIpc) is 2.93. The fourth-order valence-electron chi connectivity index (χ4n) is 1.73. The number of nitrogens with zero attached hydrogens (tertiary/aromatic N) is 3. The highest BCUT2D eigenvalue weighted by Gasteiger charge is 2.06. The van der Waals surface area contributed by atoms with Crippen LogP contribution in [0.4, 0.5) is 5.13 Å². The van der Waals surface area contributed by atoms with Crippen molar-refractivity contribution in [2.45, 2.75) is 6.54 Å². The monoisotopic (exact) mass is 278 g/mol. The van der Waals surface area contributed by atoms with Crippen LogP contribution in [0.2, 0.25) is 5.02 Å². The van der Waals surface area contributed by atoms with E-state index in [1.54, 1.807) is 16.0 Å². The van der Waals surface area contributed by atoms with Crippen molar-refractivity contribution in [2.75, 3.05) is 5.32 Å². The standard InChI is InChI=1S/C12H11ClN4S/c1-17-7-8(6-15-17)5-14-12-16-10-4-2-3-9(13)11(10)18-12/h2-4,6-7H,5H2,1H3,(H,14,16). The topological polar surface area (TPSA) is 42.7 Å². The molecule has 3 rings (SSSR count). The number of hydrogen-bond acceptors (Lipinski definition) is 4. The number of benzene rings is 1. The Morgan fingerprint density at radius 2 is 2.33 bits per heavy atom. The average molecular weight is 279 g/mol. The highest BCUT2D eigenvalue weighted by molar-refractivity contribution is 7.22. The van der Waals surface area contributed by atoms with Crippen molar-refractivity contribution in [3.63, 3.8) is 0 Å². The molecule has 92 valence electrons. The summed E-state index contributed by atoms with van der Waals surface area (Å²) in [5.74, 6) is 0. The minimum atomic E-state index is 0.714. The van der Waals surface area contributed by atoms with Crippen LogP contribution in [0.1, 0.15) is 5.56 Å². The zero-order valence-electron chi connectivity index (χ0n) is 9.72. The van der Waals surface area contributed by atoms with Crippen LogP contribution in [0.3, 0.4) is 0 Å². The van der Waals surface area contributed by atoms with Crippen molar-refractivity contribution in [3.8, 4) is 0 Å². The summed E-state index contributed by atoms with van der Waals surface area (Å²) in [6, 6.07) is 5.76. The first kappa shape index (κ1) is 11.5. The fraction of sp³-hybridized carbons (Fsp3) is 0.167. The summed E-state index contributed by atoms with van der Waals surface area (Å²) >= 11 is 7.69. The predicted molar refractivity (Wildman–Crippen MR) is 75.2 cm³/mol. The van der Waals surface area contributed by atoms with Crippen molar-refractivity contribution >= 4 is 38.3 Å². The Bertz CT molecular complexity index is 688. The molecule has 2 heterocycles. The van der Waals surface area contributed by atoms with Gasteiger partial charge in [0.05, 0.1) is 21.4 Å². The van der Waals surface area contributed by atoms with Gasteiger partial charge in [0.15, 0.2) is 5.13 Å². The van der Waals surface area contributed by atoms with Gasteiger partial charge in [-0.3, -0.25) is 4.68 Å². The van der Waals surface area contributed by atoms with Gasteiger partial charge in [-0.25, -0.2) is 4.98 Å². The lowest BCUT2D eigenvalue weighted by molar-refractivity contribution is 0.767. The number of aryl methyl sites for hydroxylation is 1. The third-order valence-corrected chi connectivity index (χ3v) is 4.06. The Labute approximate surface area is 113 Å². The largest absolute Gasteiger partial charge is 0.357 e. The highest BCUT2D eigenvalue weighted by Crippen LogP contribution is 2.31. The summed E-state index contributed by atoms with van der Waals surface area (Å²) in [4.78, 5) is 4.49. The molecule has 0 aliphatic carbocycles. The number of fused-ring (bicyclic) bond motifs is 1. The molecule has 3 aromatic rings. The summed E-state index contributed by atoms with van der Waals surface area (Å²) in [6.07, 6.45) is 3.82. The van der Waals surface area contributed by atoms with E-state index in [4.69, 9.17) is 11.6 Å². The van der Waals surface area contributed by atoms with E-state index in [-0.39, 0.29) is 0 Å². The minimum absolute atomic E-state index is 0.714. The van der Waals surface area contributed by atoms with Crippen LogP contribution in [0.15, 0.2) is 30.6 Å². The number of anilines is 1. The van der Waals surface area contributed by atoms with Crippen molar-refractivity contribution in [2.24, 2.45) is 7.05 Å². The minimum Gasteiger partial charge on any atom is -0.357 e. The van der Waals surface area contributed by atoms with E-state index in [0.717, 1.165) is 25.9 Å². The van der Waals surface area contributed by atoms with Gasteiger partial charge in [-0.05, 0) is 12.1 Å². The molecule has 2 aromatic heterocycles. The fourth-order valence-corrected chi connectivity index (χ4v) is 2.88. The Morgan fingerprint density at radius 3 is 3.06 bits per heavy atom. The zero-order chi connectivity index (χ0) is 12.5. The van der Waals surface area contributed by atoms with Crippen LogP contribution in [0.25, 0.3) is 10.2 Å². The van der Waals surface area contributed by atoms with E-state index in [9.17, 15) is 0 Å². The second-order valence-electron chi connectivity index (χ2n) is 3.98. The van der Waals surface area contributed by atoms with Gasteiger partial charge < -0.3 is 5.32 Å². The predicted octanol–water partition coefficient (Wildman–Crippen LogP) is 3.30. The smallest absolute Gasteiger partial charge is 0.184 e. The first-order valence-electron chi connectivity index (χ1n) is 5.49. The lowest BCUT2D eigenvalue weighted by atomic mass is 10.3. The lowest BCUT2D eigenvalue weighted by Crippen LogP contribution is -1.97. The van der Waals surface area contributed by atoms with Crippen LogP contribution in [-0.4, -0.2) is 14.8 Å². The maximum Gasteiger partial charge on any atom is 0.184 e. The van der Waals surface area contributed by atoms with Crippen LogP contribution in [-0.2, 0) is 13.6 Å². The Morgan fingerprint density at radius 1 is 1.44 bits per heavy atom. The van der Waals surface area contributed by atoms with E-state index < -0.39 is 0 Å². The molecule has 0 spiro atoms. The molecule has 1 N–H and O–H groups in total. The molecule has 0 aliphatic rings.